The van der Waals surface area contributed by atoms with Crippen molar-refractivity contribution in [3.05, 3.63) is 0 Å². The van der Waals surface area contributed by atoms with E-state index in [-0.39, 0.29) is 0 Å². The fourth-order valence-corrected chi connectivity index (χ4v) is 2.70. The van der Waals surface area contributed by atoms with E-state index in [2.05, 4.69) is 20.8 Å². The van der Waals surface area contributed by atoms with Crippen molar-refractivity contribution in [3.8, 4) is 0 Å². The van der Waals surface area contributed by atoms with E-state index in [1.54, 1.807) is 0 Å². The summed E-state index contributed by atoms with van der Waals surface area (Å²) in [5.74, 6) is 2.22. The van der Waals surface area contributed by atoms with Gasteiger partial charge in [-0.2, -0.15) is 0 Å². The van der Waals surface area contributed by atoms with Crippen LogP contribution >= 0.6 is 12.2 Å². The highest BCUT2D eigenvalue weighted by Gasteiger charge is 2.31. The molecular formula is C13H25NOS. The number of rotatable bonds is 5. The van der Waals surface area contributed by atoms with E-state index in [9.17, 15) is 0 Å². The van der Waals surface area contributed by atoms with Crippen LogP contribution in [0, 0.1) is 17.8 Å². The zero-order chi connectivity index (χ0) is 12.1. The Balaban J connectivity index is 2.41. The summed E-state index contributed by atoms with van der Waals surface area (Å²) in [5, 5.41) is 0. The Bertz CT molecular complexity index is 230. The lowest BCUT2D eigenvalue weighted by molar-refractivity contribution is -0.0353. The second-order valence-corrected chi connectivity index (χ2v) is 5.98. The average Bonchev–Trinajstić information content (AvgIpc) is 2.16. The maximum absolute atomic E-state index is 5.97. The standard InChI is InChI=1S/C13H25NOS/c1-9(2)11-5-4-10(3)8-12(11)15-7-6-13(14)16/h9-12H,4-8H2,1-3H3,(H2,14,16). The highest BCUT2D eigenvalue weighted by atomic mass is 32.1. The molecule has 0 aromatic heterocycles. The van der Waals surface area contributed by atoms with Crippen LogP contribution in [-0.4, -0.2) is 17.7 Å². The van der Waals surface area contributed by atoms with Crippen LogP contribution in [0.4, 0.5) is 0 Å². The Morgan fingerprint density at radius 2 is 2.12 bits per heavy atom. The molecule has 1 aliphatic carbocycles. The van der Waals surface area contributed by atoms with Crippen LogP contribution in [0.3, 0.4) is 0 Å². The van der Waals surface area contributed by atoms with E-state index >= 15 is 0 Å². The molecule has 2 nitrogen and oxygen atoms in total. The first kappa shape index (κ1) is 13.9. The summed E-state index contributed by atoms with van der Waals surface area (Å²) in [4.78, 5) is 0.560. The molecule has 0 bridgehead atoms. The molecule has 1 rings (SSSR count). The van der Waals surface area contributed by atoms with Crippen molar-refractivity contribution in [3.63, 3.8) is 0 Å². The molecule has 3 heteroatoms. The summed E-state index contributed by atoms with van der Waals surface area (Å²) in [6.07, 6.45) is 4.97. The highest BCUT2D eigenvalue weighted by molar-refractivity contribution is 7.80. The molecule has 16 heavy (non-hydrogen) atoms. The predicted octanol–water partition coefficient (Wildman–Crippen LogP) is 3.14. The van der Waals surface area contributed by atoms with Gasteiger partial charge in [0.2, 0.25) is 0 Å². The summed E-state index contributed by atoms with van der Waals surface area (Å²) in [6, 6.07) is 0. The van der Waals surface area contributed by atoms with Gasteiger partial charge in [0.15, 0.2) is 0 Å². The Morgan fingerprint density at radius 3 is 2.69 bits per heavy atom. The van der Waals surface area contributed by atoms with Crippen LogP contribution in [0.25, 0.3) is 0 Å². The predicted molar refractivity (Wildman–Crippen MR) is 72.5 cm³/mol. The smallest absolute Gasteiger partial charge is 0.0750 e. The molecule has 3 atom stereocenters. The van der Waals surface area contributed by atoms with Gasteiger partial charge in [-0.3, -0.25) is 0 Å². The third kappa shape index (κ3) is 4.38. The monoisotopic (exact) mass is 243 g/mol. The first-order valence-electron chi connectivity index (χ1n) is 6.40. The van der Waals surface area contributed by atoms with E-state index in [0.29, 0.717) is 36.0 Å². The Labute approximate surface area is 105 Å². The number of thiocarbonyl (C=S) groups is 1. The molecule has 1 aliphatic rings. The topological polar surface area (TPSA) is 35.2 Å². The van der Waals surface area contributed by atoms with Crippen molar-refractivity contribution < 1.29 is 4.74 Å². The Morgan fingerprint density at radius 1 is 1.44 bits per heavy atom. The van der Waals surface area contributed by atoms with Crippen LogP contribution < -0.4 is 5.73 Å². The molecule has 1 saturated carbocycles. The first-order valence-corrected chi connectivity index (χ1v) is 6.81. The highest BCUT2D eigenvalue weighted by Crippen LogP contribution is 2.35. The second kappa shape index (κ2) is 6.55. The maximum Gasteiger partial charge on any atom is 0.0750 e. The SMILES string of the molecule is CC1CCC(C(C)C)C(OCCC(N)=S)C1. The van der Waals surface area contributed by atoms with Gasteiger partial charge in [0.1, 0.15) is 0 Å². The minimum Gasteiger partial charge on any atom is -0.393 e. The molecule has 0 radical (unpaired) electrons. The van der Waals surface area contributed by atoms with E-state index in [1.807, 2.05) is 0 Å². The normalized spacial score (nSPS) is 30.6. The molecular weight excluding hydrogens is 218 g/mol. The van der Waals surface area contributed by atoms with Crippen LogP contribution in [0.5, 0.6) is 0 Å². The van der Waals surface area contributed by atoms with Gasteiger partial charge in [-0.25, -0.2) is 0 Å². The van der Waals surface area contributed by atoms with Gasteiger partial charge in [-0.15, -0.1) is 0 Å². The summed E-state index contributed by atoms with van der Waals surface area (Å²) in [6.45, 7) is 7.60. The van der Waals surface area contributed by atoms with Gasteiger partial charge < -0.3 is 10.5 Å². The quantitative estimate of drug-likeness (QED) is 0.753. The molecule has 2 N–H and O–H groups in total. The summed E-state index contributed by atoms with van der Waals surface area (Å²) in [5.41, 5.74) is 5.48. The van der Waals surface area contributed by atoms with E-state index in [0.717, 1.165) is 5.92 Å². The first-order chi connectivity index (χ1) is 7.50. The molecule has 1 fully saturated rings. The van der Waals surface area contributed by atoms with Gasteiger partial charge in [0, 0.05) is 6.42 Å². The lowest BCUT2D eigenvalue weighted by Crippen LogP contribution is -2.34. The zero-order valence-electron chi connectivity index (χ0n) is 10.7. The molecule has 0 aromatic rings. The third-order valence-electron chi connectivity index (χ3n) is 3.64. The fourth-order valence-electron chi connectivity index (χ4n) is 2.62. The van der Waals surface area contributed by atoms with Gasteiger partial charge in [-0.1, -0.05) is 39.4 Å². The zero-order valence-corrected chi connectivity index (χ0v) is 11.6. The number of hydrogen-bond donors (Lipinski definition) is 1. The largest absolute Gasteiger partial charge is 0.393 e. The molecule has 0 amide bonds. The van der Waals surface area contributed by atoms with Gasteiger partial charge in [-0.05, 0) is 30.6 Å². The Hall–Kier alpha value is -0.150. The second-order valence-electron chi connectivity index (χ2n) is 5.45. The minimum absolute atomic E-state index is 0.415. The maximum atomic E-state index is 5.97. The molecule has 0 heterocycles. The summed E-state index contributed by atoms with van der Waals surface area (Å²) >= 11 is 4.86. The van der Waals surface area contributed by atoms with Crippen molar-refractivity contribution in [2.45, 2.75) is 52.6 Å². The number of hydrogen-bond acceptors (Lipinski definition) is 2. The van der Waals surface area contributed by atoms with E-state index < -0.39 is 0 Å². The molecule has 0 aliphatic heterocycles. The fraction of sp³-hybridized carbons (Fsp3) is 0.923. The lowest BCUT2D eigenvalue weighted by atomic mass is 9.75. The lowest BCUT2D eigenvalue weighted by Gasteiger charge is -2.37. The van der Waals surface area contributed by atoms with Crippen molar-refractivity contribution in [1.29, 1.82) is 0 Å². The van der Waals surface area contributed by atoms with E-state index in [1.165, 1.54) is 19.3 Å². The Kier molecular flexibility index (Phi) is 5.70. The van der Waals surface area contributed by atoms with Crippen LogP contribution in [-0.2, 0) is 4.74 Å². The van der Waals surface area contributed by atoms with Gasteiger partial charge in [0.05, 0.1) is 17.7 Å². The van der Waals surface area contributed by atoms with Gasteiger partial charge in [0.25, 0.3) is 0 Å². The molecule has 0 spiro atoms. The van der Waals surface area contributed by atoms with Crippen molar-refractivity contribution >= 4 is 17.2 Å². The minimum atomic E-state index is 0.415. The number of nitrogens with two attached hydrogens (primary N) is 1. The molecule has 3 unspecified atom stereocenters. The van der Waals surface area contributed by atoms with Crippen molar-refractivity contribution in [2.75, 3.05) is 6.61 Å². The van der Waals surface area contributed by atoms with Crippen LogP contribution in [0.15, 0.2) is 0 Å². The summed E-state index contributed by atoms with van der Waals surface area (Å²) < 4.78 is 5.97. The number of ether oxygens (including phenoxy) is 1. The average molecular weight is 243 g/mol. The van der Waals surface area contributed by atoms with E-state index in [4.69, 9.17) is 22.7 Å². The third-order valence-corrected chi connectivity index (χ3v) is 3.85. The summed E-state index contributed by atoms with van der Waals surface area (Å²) in [7, 11) is 0. The molecule has 0 saturated heterocycles. The van der Waals surface area contributed by atoms with Crippen LogP contribution in [0.2, 0.25) is 0 Å². The van der Waals surface area contributed by atoms with Crippen LogP contribution in [0.1, 0.15) is 46.5 Å². The van der Waals surface area contributed by atoms with Crippen molar-refractivity contribution in [2.24, 2.45) is 23.5 Å². The van der Waals surface area contributed by atoms with Crippen molar-refractivity contribution in [1.82, 2.24) is 0 Å². The van der Waals surface area contributed by atoms with Gasteiger partial charge >= 0.3 is 0 Å². The molecule has 94 valence electrons. The molecule has 0 aromatic carbocycles.